The lowest BCUT2D eigenvalue weighted by molar-refractivity contribution is -0.136. The first-order valence-electron chi connectivity index (χ1n) is 3.53. The van der Waals surface area contributed by atoms with E-state index in [4.69, 9.17) is 10.2 Å². The molecule has 0 aromatic rings. The van der Waals surface area contributed by atoms with Gasteiger partial charge >= 0.3 is 5.97 Å². The van der Waals surface area contributed by atoms with E-state index in [1.165, 1.54) is 11.8 Å². The second-order valence-corrected chi connectivity index (χ2v) is 3.98. The summed E-state index contributed by atoms with van der Waals surface area (Å²) < 4.78 is 0. The lowest BCUT2D eigenvalue weighted by atomic mass is 10.2. The van der Waals surface area contributed by atoms with Crippen LogP contribution in [-0.4, -0.2) is 33.8 Å². The third-order valence-corrected chi connectivity index (χ3v) is 2.75. The second-order valence-electron chi connectivity index (χ2n) is 2.60. The van der Waals surface area contributed by atoms with Gasteiger partial charge in [0.15, 0.2) is 0 Å². The van der Waals surface area contributed by atoms with E-state index in [0.29, 0.717) is 5.75 Å². The Bertz CT molecular complexity index is 127. The smallest absolute Gasteiger partial charge is 0.316 e. The quantitative estimate of drug-likeness (QED) is 0.654. The van der Waals surface area contributed by atoms with E-state index < -0.39 is 5.97 Å². The minimum atomic E-state index is -0.792. The highest BCUT2D eigenvalue weighted by atomic mass is 32.2. The maximum Gasteiger partial charge on any atom is 0.316 e. The Labute approximate surface area is 70.8 Å². The van der Waals surface area contributed by atoms with Gasteiger partial charge in [-0.15, -0.1) is 11.8 Å². The fourth-order valence-electron chi connectivity index (χ4n) is 0.433. The molecule has 0 spiro atoms. The molecule has 0 aliphatic carbocycles. The van der Waals surface area contributed by atoms with Crippen LogP contribution < -0.4 is 0 Å². The van der Waals surface area contributed by atoms with E-state index in [2.05, 4.69) is 0 Å². The van der Waals surface area contributed by atoms with E-state index in [1.54, 1.807) is 6.92 Å². The Hall–Kier alpha value is -0.220. The summed E-state index contributed by atoms with van der Waals surface area (Å²) >= 11 is 1.36. The molecule has 0 heterocycles. The molecule has 0 bridgehead atoms. The van der Waals surface area contributed by atoms with Crippen molar-refractivity contribution >= 4 is 17.7 Å². The van der Waals surface area contributed by atoms with Crippen molar-refractivity contribution in [1.82, 2.24) is 0 Å². The number of carboxylic acids is 1. The van der Waals surface area contributed by atoms with Gasteiger partial charge in [-0.2, -0.15) is 0 Å². The van der Waals surface area contributed by atoms with Crippen molar-refractivity contribution in [2.24, 2.45) is 5.92 Å². The van der Waals surface area contributed by atoms with Crippen LogP contribution in [-0.2, 0) is 4.79 Å². The molecule has 0 saturated heterocycles. The van der Waals surface area contributed by atoms with Crippen molar-refractivity contribution in [1.29, 1.82) is 0 Å². The third kappa shape index (κ3) is 5.09. The zero-order valence-corrected chi connectivity index (χ0v) is 7.60. The first-order chi connectivity index (χ1) is 5.07. The van der Waals surface area contributed by atoms with E-state index in [0.717, 1.165) is 0 Å². The van der Waals surface area contributed by atoms with Gasteiger partial charge in [-0.25, -0.2) is 0 Å². The van der Waals surface area contributed by atoms with Gasteiger partial charge in [0.25, 0.3) is 0 Å². The van der Waals surface area contributed by atoms with Gasteiger partial charge in [0.05, 0.1) is 5.25 Å². The lowest BCUT2D eigenvalue weighted by Crippen LogP contribution is -2.15. The number of carboxylic acid groups (broad SMARTS) is 1. The first kappa shape index (κ1) is 10.8. The fraction of sp³-hybridized carbons (Fsp3) is 0.857. The van der Waals surface area contributed by atoms with Crippen LogP contribution in [0.5, 0.6) is 0 Å². The van der Waals surface area contributed by atoms with Crippen LogP contribution in [0.2, 0.25) is 0 Å². The molecule has 2 unspecified atom stereocenters. The number of hydrogen-bond acceptors (Lipinski definition) is 3. The molecule has 4 heteroatoms. The van der Waals surface area contributed by atoms with E-state index in [-0.39, 0.29) is 17.8 Å². The van der Waals surface area contributed by atoms with Gasteiger partial charge in [-0.3, -0.25) is 4.79 Å². The topological polar surface area (TPSA) is 57.5 Å². The maximum absolute atomic E-state index is 10.3. The summed E-state index contributed by atoms with van der Waals surface area (Å²) in [6.07, 6.45) is 0. The van der Waals surface area contributed by atoms with Crippen LogP contribution in [0.3, 0.4) is 0 Å². The average Bonchev–Trinajstić information content (AvgIpc) is 1.99. The molecule has 0 aliphatic heterocycles. The Kier molecular flexibility index (Phi) is 5.32. The van der Waals surface area contributed by atoms with Gasteiger partial charge in [-0.1, -0.05) is 6.92 Å². The first-order valence-corrected chi connectivity index (χ1v) is 4.58. The monoisotopic (exact) mass is 178 g/mol. The van der Waals surface area contributed by atoms with Crippen molar-refractivity contribution in [2.45, 2.75) is 19.1 Å². The van der Waals surface area contributed by atoms with Crippen LogP contribution in [0.25, 0.3) is 0 Å². The van der Waals surface area contributed by atoms with Crippen molar-refractivity contribution in [3.05, 3.63) is 0 Å². The van der Waals surface area contributed by atoms with Gasteiger partial charge in [0.2, 0.25) is 0 Å². The number of aliphatic hydroxyl groups excluding tert-OH is 1. The molecule has 0 fully saturated rings. The minimum absolute atomic E-state index is 0.124. The summed E-state index contributed by atoms with van der Waals surface area (Å²) in [6, 6.07) is 0. The molecule has 3 nitrogen and oxygen atoms in total. The molecule has 0 aliphatic rings. The molecule has 0 amide bonds. The average molecular weight is 178 g/mol. The lowest BCUT2D eigenvalue weighted by Gasteiger charge is -2.09. The van der Waals surface area contributed by atoms with Crippen molar-refractivity contribution in [3.63, 3.8) is 0 Å². The number of hydrogen-bond donors (Lipinski definition) is 2. The predicted molar refractivity (Wildman–Crippen MR) is 45.8 cm³/mol. The molecule has 0 radical (unpaired) electrons. The van der Waals surface area contributed by atoms with E-state index in [1.807, 2.05) is 6.92 Å². The molecule has 0 rings (SSSR count). The zero-order valence-electron chi connectivity index (χ0n) is 6.78. The number of carbonyl (C=O) groups is 1. The summed E-state index contributed by atoms with van der Waals surface area (Å²) in [5.41, 5.74) is 0. The van der Waals surface area contributed by atoms with Crippen molar-refractivity contribution in [3.8, 4) is 0 Å². The Morgan fingerprint density at radius 1 is 1.55 bits per heavy atom. The molecule has 66 valence electrons. The highest BCUT2D eigenvalue weighted by Crippen LogP contribution is 2.14. The summed E-state index contributed by atoms with van der Waals surface area (Å²) in [7, 11) is 0. The number of rotatable bonds is 5. The highest BCUT2D eigenvalue weighted by Gasteiger charge is 2.12. The van der Waals surface area contributed by atoms with Crippen LogP contribution in [0.15, 0.2) is 0 Å². The molecule has 0 aromatic heterocycles. The molecule has 0 aromatic carbocycles. The third-order valence-electron chi connectivity index (χ3n) is 1.29. The van der Waals surface area contributed by atoms with Gasteiger partial charge in [0, 0.05) is 6.61 Å². The number of thioether (sulfide) groups is 1. The van der Waals surface area contributed by atoms with Crippen LogP contribution in [0, 0.1) is 5.92 Å². The molecule has 0 saturated carbocycles. The normalized spacial score (nSPS) is 15.9. The summed E-state index contributed by atoms with van der Waals surface area (Å²) in [6.45, 7) is 3.66. The molecule has 2 N–H and O–H groups in total. The Morgan fingerprint density at radius 2 is 2.09 bits per heavy atom. The summed E-state index contributed by atoms with van der Waals surface area (Å²) in [5, 5.41) is 16.7. The van der Waals surface area contributed by atoms with Gasteiger partial charge in [0.1, 0.15) is 0 Å². The van der Waals surface area contributed by atoms with Crippen molar-refractivity contribution in [2.75, 3.05) is 12.4 Å². The van der Waals surface area contributed by atoms with Crippen LogP contribution in [0.4, 0.5) is 0 Å². The van der Waals surface area contributed by atoms with Gasteiger partial charge < -0.3 is 10.2 Å². The molecular weight excluding hydrogens is 164 g/mol. The molecule has 2 atom stereocenters. The molecular formula is C7H14O3S. The van der Waals surface area contributed by atoms with Crippen LogP contribution in [0.1, 0.15) is 13.8 Å². The minimum Gasteiger partial charge on any atom is -0.480 e. The van der Waals surface area contributed by atoms with E-state index in [9.17, 15) is 4.79 Å². The predicted octanol–water partition coefficient (Wildman–Crippen LogP) is 0.821. The Balaban J connectivity index is 3.45. The fourth-order valence-corrected chi connectivity index (χ4v) is 1.30. The standard InChI is InChI=1S/C7H14O3S/c1-5(3-8)4-11-6(2)7(9)10/h5-6,8H,3-4H2,1-2H3,(H,9,10). The largest absolute Gasteiger partial charge is 0.480 e. The highest BCUT2D eigenvalue weighted by molar-refractivity contribution is 8.00. The summed E-state index contributed by atoms with van der Waals surface area (Å²) in [5.74, 6) is 0.0891. The van der Waals surface area contributed by atoms with Crippen molar-refractivity contribution < 1.29 is 15.0 Å². The summed E-state index contributed by atoms with van der Waals surface area (Å²) in [4.78, 5) is 10.3. The molecule has 11 heavy (non-hydrogen) atoms. The second kappa shape index (κ2) is 5.43. The Morgan fingerprint density at radius 3 is 2.45 bits per heavy atom. The van der Waals surface area contributed by atoms with E-state index >= 15 is 0 Å². The zero-order chi connectivity index (χ0) is 8.85. The van der Waals surface area contributed by atoms with Crippen LogP contribution >= 0.6 is 11.8 Å². The number of aliphatic hydroxyl groups is 1. The SMILES string of the molecule is CC(CO)CSC(C)C(=O)O. The number of aliphatic carboxylic acids is 1. The van der Waals surface area contributed by atoms with Gasteiger partial charge in [-0.05, 0) is 18.6 Å². The maximum atomic E-state index is 10.3.